The van der Waals surface area contributed by atoms with E-state index in [0.29, 0.717) is 55.7 Å². The highest BCUT2D eigenvalue weighted by atomic mass is 16.3. The molecule has 86 heavy (non-hydrogen) atoms. The molecule has 2 nitrogen and oxygen atoms in total. The fourth-order valence-electron chi connectivity index (χ4n) is 12.7. The van der Waals surface area contributed by atoms with Crippen LogP contribution in [0.2, 0.25) is 0 Å². The normalized spacial score (nSPS) is 14.3. The Balaban J connectivity index is 0.000000152. The lowest BCUT2D eigenvalue weighted by Crippen LogP contribution is -1.91. The first-order valence-corrected chi connectivity index (χ1v) is 28.2. The Hall–Kier alpha value is -11.3. The highest BCUT2D eigenvalue weighted by molar-refractivity contribution is 6.25. The van der Waals surface area contributed by atoms with Crippen LogP contribution in [-0.2, 0) is 0 Å². The molecule has 0 saturated heterocycles. The van der Waals surface area contributed by atoms with Gasteiger partial charge in [0.15, 0.2) is 0 Å². The third kappa shape index (κ3) is 8.10. The fourth-order valence-corrected chi connectivity index (χ4v) is 12.7. The first kappa shape index (κ1) is 35.6. The molecule has 2 heteroatoms. The first-order chi connectivity index (χ1) is 49.3. The number of fused-ring (bicyclic) bond motifs is 14. The second-order valence-corrected chi connectivity index (χ2v) is 21.3. The van der Waals surface area contributed by atoms with Crippen LogP contribution in [0.5, 0.6) is 0 Å². The van der Waals surface area contributed by atoms with Crippen LogP contribution >= 0.6 is 0 Å². The van der Waals surface area contributed by atoms with Gasteiger partial charge in [-0.1, -0.05) is 273 Å². The van der Waals surface area contributed by atoms with E-state index in [-0.39, 0.29) is 103 Å². The molecule has 0 unspecified atom stereocenters. The molecule has 0 bridgehead atoms. The average Bonchev–Trinajstić information content (AvgIpc) is 0.801. The molecule has 0 saturated carbocycles. The fraction of sp³-hybridized carbons (Fsp3) is 0. The lowest BCUT2D eigenvalue weighted by atomic mass is 9.85. The third-order valence-corrected chi connectivity index (χ3v) is 16.6. The second-order valence-electron chi connectivity index (χ2n) is 21.3. The molecule has 400 valence electrons. The summed E-state index contributed by atoms with van der Waals surface area (Å²) in [6.45, 7) is 0. The summed E-state index contributed by atoms with van der Waals surface area (Å²) < 4.78 is 157. The molecule has 0 N–H and O–H groups in total. The maximum absolute atomic E-state index is 9.28. The van der Waals surface area contributed by atoms with E-state index in [2.05, 4.69) is 0 Å². The summed E-state index contributed by atoms with van der Waals surface area (Å²) in [4.78, 5) is 0. The average molecular weight is 1110 g/mol. The van der Waals surface area contributed by atoms with Crippen LogP contribution in [0.15, 0.2) is 324 Å². The summed E-state index contributed by atoms with van der Waals surface area (Å²) in [5, 5.41) is 9.03. The minimum atomic E-state index is -0.436. The van der Waals surface area contributed by atoms with Crippen molar-refractivity contribution < 1.29 is 30.8 Å². The maximum atomic E-state index is 9.28. The lowest BCUT2D eigenvalue weighted by Gasteiger charge is -2.18. The molecule has 18 rings (SSSR count). The molecular formula is C84H52O2. The van der Waals surface area contributed by atoms with Gasteiger partial charge in [-0.3, -0.25) is 0 Å². The van der Waals surface area contributed by atoms with Gasteiger partial charge in [0.05, 0.1) is 21.9 Å². The van der Waals surface area contributed by atoms with E-state index < -0.39 is 48.3 Å². The van der Waals surface area contributed by atoms with Crippen LogP contribution in [0.4, 0.5) is 0 Å². The summed E-state index contributed by atoms with van der Waals surface area (Å²) in [6.07, 6.45) is 0. The predicted molar refractivity (Wildman–Crippen MR) is 365 cm³/mol. The van der Waals surface area contributed by atoms with Crippen molar-refractivity contribution in [1.82, 2.24) is 0 Å². The Bertz CT molecular complexity index is 6530. The van der Waals surface area contributed by atoms with Gasteiger partial charge in [-0.2, -0.15) is 0 Å². The predicted octanol–water partition coefficient (Wildman–Crippen LogP) is 24.1. The number of rotatable bonds is 6. The van der Waals surface area contributed by atoms with Crippen molar-refractivity contribution >= 4 is 109 Å². The zero-order valence-electron chi connectivity index (χ0n) is 61.6. The lowest BCUT2D eigenvalue weighted by molar-refractivity contribution is 0.669. The van der Waals surface area contributed by atoms with E-state index in [1.807, 2.05) is 206 Å². The Morgan fingerprint density at radius 2 is 0.581 bits per heavy atom. The summed E-state index contributed by atoms with van der Waals surface area (Å²) in [5.41, 5.74) is 9.53. The molecule has 0 amide bonds. The minimum Gasteiger partial charge on any atom is -0.456 e. The van der Waals surface area contributed by atoms with Crippen molar-refractivity contribution in [3.63, 3.8) is 0 Å². The van der Waals surface area contributed by atoms with Crippen molar-refractivity contribution in [3.8, 4) is 66.8 Å². The summed E-state index contributed by atoms with van der Waals surface area (Å²) in [6, 6.07) is 63.7. The Morgan fingerprint density at radius 1 is 0.209 bits per heavy atom. The van der Waals surface area contributed by atoms with Crippen LogP contribution in [0.3, 0.4) is 0 Å². The van der Waals surface area contributed by atoms with E-state index in [1.54, 1.807) is 12.1 Å². The molecule has 0 radical (unpaired) electrons. The Labute approximate surface area is 519 Å². The number of hydrogen-bond acceptors (Lipinski definition) is 2. The summed E-state index contributed by atoms with van der Waals surface area (Å²) >= 11 is 0. The molecule has 0 atom stereocenters. The van der Waals surface area contributed by atoms with Crippen LogP contribution in [0.25, 0.3) is 175 Å². The van der Waals surface area contributed by atoms with Gasteiger partial charge in [-0.25, -0.2) is 0 Å². The quantitative estimate of drug-likeness (QED) is 0.155. The van der Waals surface area contributed by atoms with Gasteiger partial charge in [0, 0.05) is 26.9 Å². The smallest absolute Gasteiger partial charge is 0.143 e. The first-order valence-electron chi connectivity index (χ1n) is 36.2. The number of furan rings is 2. The Kier molecular flexibility index (Phi) is 8.38. The van der Waals surface area contributed by atoms with Crippen molar-refractivity contribution in [3.05, 3.63) is 315 Å². The molecular weight excluding hydrogens is 1040 g/mol. The highest BCUT2D eigenvalue weighted by Crippen LogP contribution is 2.48. The van der Waals surface area contributed by atoms with Crippen LogP contribution in [0.1, 0.15) is 21.9 Å². The van der Waals surface area contributed by atoms with Gasteiger partial charge in [-0.15, -0.1) is 0 Å². The largest absolute Gasteiger partial charge is 0.456 e. The SMILES string of the molecule is [2H]c1c([2H])c([2H])c2c(-c3ccc4c(c3)oc3c5ccccc5ccc43)c3c([2H])c([2H])c([2H])c([2H])c3c(-c3cccc(-c4ccccc4)c3)c2c1[2H].[2H]c1c([2H])c([2H])c2c(-c3ccc4c(c3)oc3ccc5ccccc5c34)c3c([2H])c([2H])c([2H])c([2H])c3c(-c3ccc(-c4ccccc4)cc3)c2c1[2H]. The molecule has 18 aromatic rings. The van der Waals surface area contributed by atoms with Gasteiger partial charge in [0.1, 0.15) is 22.3 Å². The van der Waals surface area contributed by atoms with Gasteiger partial charge in [0.2, 0.25) is 0 Å². The van der Waals surface area contributed by atoms with Crippen LogP contribution < -0.4 is 0 Å². The van der Waals surface area contributed by atoms with Crippen LogP contribution in [0, 0.1) is 0 Å². The van der Waals surface area contributed by atoms with Crippen LogP contribution in [-0.4, -0.2) is 0 Å². The van der Waals surface area contributed by atoms with E-state index in [4.69, 9.17) is 19.8 Å². The second kappa shape index (κ2) is 20.2. The molecule has 0 aliphatic rings. The van der Waals surface area contributed by atoms with E-state index >= 15 is 0 Å². The topological polar surface area (TPSA) is 26.3 Å². The van der Waals surface area contributed by atoms with Crippen molar-refractivity contribution in [2.45, 2.75) is 0 Å². The number of hydrogen-bond donors (Lipinski definition) is 0. The maximum Gasteiger partial charge on any atom is 0.143 e. The summed E-state index contributed by atoms with van der Waals surface area (Å²) in [5.74, 6) is 0. The molecule has 2 aromatic heterocycles. The van der Waals surface area contributed by atoms with Gasteiger partial charge >= 0.3 is 0 Å². The zero-order chi connectivity index (χ0) is 70.6. The monoisotopic (exact) mass is 1110 g/mol. The van der Waals surface area contributed by atoms with Crippen molar-refractivity contribution in [2.24, 2.45) is 0 Å². The van der Waals surface area contributed by atoms with Gasteiger partial charge in [-0.05, 0) is 168 Å². The molecule has 0 fully saturated rings. The zero-order valence-corrected chi connectivity index (χ0v) is 45.6. The third-order valence-electron chi connectivity index (χ3n) is 16.6. The molecule has 0 aliphatic heterocycles. The van der Waals surface area contributed by atoms with Crippen molar-refractivity contribution in [1.29, 1.82) is 0 Å². The van der Waals surface area contributed by atoms with Gasteiger partial charge in [0.25, 0.3) is 0 Å². The van der Waals surface area contributed by atoms with E-state index in [9.17, 15) is 11.0 Å². The van der Waals surface area contributed by atoms with E-state index in [1.165, 1.54) is 0 Å². The molecule has 0 spiro atoms. The number of benzene rings is 16. The summed E-state index contributed by atoms with van der Waals surface area (Å²) in [7, 11) is 0. The molecule has 16 aromatic carbocycles. The van der Waals surface area contributed by atoms with Gasteiger partial charge < -0.3 is 8.83 Å². The minimum absolute atomic E-state index is 0.166. The highest BCUT2D eigenvalue weighted by Gasteiger charge is 2.21. The molecule has 0 aliphatic carbocycles. The molecule has 2 heterocycles. The standard InChI is InChI=1S/2C42H26O/c1-2-11-27(12-3-1)29-14-10-15-30(25-29)40-34-17-6-8-19-36(34)41(37-20-9-7-18-35(37)40)31-22-23-33-38-24-21-28-13-4-5-16-32(28)42(38)43-39(33)26-31;1-2-10-27(11-3-1)28-18-20-30(21-19-28)40-33-14-6-8-16-35(33)41(36-17-9-7-15-34(36)40)31-22-24-37-39(26-31)43-38-25-23-29-12-4-5-13-32(29)42(37)38/h2*1-26H/i6D,7D,8D,9D,17D,18D,19D,20D;6D,7D,8D,9D,14D,15D,16D,17D. The van der Waals surface area contributed by atoms with E-state index in [0.717, 1.165) is 65.3 Å². The Morgan fingerprint density at radius 3 is 1.14 bits per heavy atom. The van der Waals surface area contributed by atoms with Crippen molar-refractivity contribution in [2.75, 3.05) is 0 Å².